The van der Waals surface area contributed by atoms with E-state index in [-0.39, 0.29) is 48.4 Å². The van der Waals surface area contributed by atoms with E-state index in [0.29, 0.717) is 31.7 Å². The number of anilines is 1. The van der Waals surface area contributed by atoms with E-state index in [9.17, 15) is 28.0 Å². The summed E-state index contributed by atoms with van der Waals surface area (Å²) in [5.74, 6) is -10.6. The highest BCUT2D eigenvalue weighted by Crippen LogP contribution is 2.35. The Morgan fingerprint density at radius 2 is 1.69 bits per heavy atom. The van der Waals surface area contributed by atoms with Crippen LogP contribution >= 0.6 is 0 Å². The normalized spacial score (nSPS) is 18.4. The summed E-state index contributed by atoms with van der Waals surface area (Å²) in [6.07, 6.45) is -1.20. The molecule has 1 heterocycles. The average molecular weight is 715 g/mol. The van der Waals surface area contributed by atoms with Crippen LogP contribution in [-0.2, 0) is 25.1 Å². The first-order chi connectivity index (χ1) is 24.2. The molecule has 10 nitrogen and oxygen atoms in total. The van der Waals surface area contributed by atoms with Crippen molar-refractivity contribution < 1.29 is 41.1 Å². The van der Waals surface area contributed by atoms with Crippen LogP contribution in [0.1, 0.15) is 55.2 Å². The minimum atomic E-state index is -4.18. The number of alkyl halides is 2. The Morgan fingerprint density at radius 3 is 2.27 bits per heavy atom. The molecule has 0 unspecified atom stereocenters. The van der Waals surface area contributed by atoms with Gasteiger partial charge in [0.1, 0.15) is 17.9 Å². The second-order valence-electron chi connectivity index (χ2n) is 12.8. The summed E-state index contributed by atoms with van der Waals surface area (Å²) in [5, 5.41) is 16.1. The van der Waals surface area contributed by atoms with Crippen molar-refractivity contribution in [2.75, 3.05) is 38.5 Å². The minimum absolute atomic E-state index is 0.0430. The SMILES string of the molecule is C=CC(=O)N[C@@H](C(=O)N1CCN(C)CC1)[C@@H](C)c1ccc(NC(=O)[C@@H](NC(=O)C(F)(F)c2cccc(C#N)c2)C2CCC(=C(F)F)CC2)c(F)c1. The molecule has 0 spiro atoms. The first-order valence-electron chi connectivity index (χ1n) is 16.4. The number of carbonyl (C=O) groups is 4. The van der Waals surface area contributed by atoms with Crippen LogP contribution < -0.4 is 16.0 Å². The molecule has 2 aromatic rings. The molecule has 1 aliphatic heterocycles. The quantitative estimate of drug-likeness (QED) is 0.226. The van der Waals surface area contributed by atoms with E-state index >= 15 is 13.2 Å². The average Bonchev–Trinajstić information content (AvgIpc) is 3.13. The van der Waals surface area contributed by atoms with E-state index in [2.05, 4.69) is 27.4 Å². The minimum Gasteiger partial charge on any atom is -0.340 e. The fourth-order valence-electron chi connectivity index (χ4n) is 6.21. The van der Waals surface area contributed by atoms with Gasteiger partial charge in [0.05, 0.1) is 17.3 Å². The van der Waals surface area contributed by atoms with Gasteiger partial charge in [-0.1, -0.05) is 31.7 Å². The highest BCUT2D eigenvalue weighted by Gasteiger charge is 2.44. The molecule has 2 aromatic carbocycles. The Bertz CT molecular complexity index is 1720. The number of hydrogen-bond acceptors (Lipinski definition) is 6. The number of nitriles is 1. The van der Waals surface area contributed by atoms with Gasteiger partial charge in [0.15, 0.2) is 0 Å². The summed E-state index contributed by atoms with van der Waals surface area (Å²) in [6.45, 7) is 7.18. The van der Waals surface area contributed by atoms with Gasteiger partial charge in [-0.15, -0.1) is 0 Å². The van der Waals surface area contributed by atoms with E-state index < -0.39 is 65.0 Å². The van der Waals surface area contributed by atoms with Gasteiger partial charge >= 0.3 is 5.92 Å². The number of halogens is 5. The number of allylic oxidation sites excluding steroid dienone is 1. The van der Waals surface area contributed by atoms with Gasteiger partial charge in [0, 0.05) is 37.7 Å². The molecule has 3 N–H and O–H groups in total. The maximum atomic E-state index is 15.6. The second-order valence-corrected chi connectivity index (χ2v) is 12.8. The summed E-state index contributed by atoms with van der Waals surface area (Å²) in [5.41, 5.74) is -1.13. The van der Waals surface area contributed by atoms with E-state index in [0.717, 1.165) is 24.3 Å². The van der Waals surface area contributed by atoms with Crippen molar-refractivity contribution in [1.29, 1.82) is 5.26 Å². The molecule has 0 aromatic heterocycles. The van der Waals surface area contributed by atoms with Gasteiger partial charge in [-0.2, -0.15) is 22.8 Å². The molecule has 4 rings (SSSR count). The Labute approximate surface area is 292 Å². The summed E-state index contributed by atoms with van der Waals surface area (Å²) >= 11 is 0. The van der Waals surface area contributed by atoms with Crippen molar-refractivity contribution in [2.24, 2.45) is 5.92 Å². The largest absolute Gasteiger partial charge is 0.349 e. The number of hydrogen-bond donors (Lipinski definition) is 3. The molecule has 0 radical (unpaired) electrons. The third-order valence-electron chi connectivity index (χ3n) is 9.42. The molecule has 1 saturated carbocycles. The lowest BCUT2D eigenvalue weighted by atomic mass is 9.81. The second kappa shape index (κ2) is 16.7. The monoisotopic (exact) mass is 714 g/mol. The third-order valence-corrected chi connectivity index (χ3v) is 9.42. The van der Waals surface area contributed by atoms with Gasteiger partial charge in [-0.3, -0.25) is 19.2 Å². The van der Waals surface area contributed by atoms with Gasteiger partial charge in [-0.25, -0.2) is 4.39 Å². The van der Waals surface area contributed by atoms with Crippen LogP contribution in [-0.4, -0.2) is 78.7 Å². The number of carbonyl (C=O) groups excluding carboxylic acids is 4. The van der Waals surface area contributed by atoms with Crippen LogP contribution in [0.4, 0.5) is 27.6 Å². The van der Waals surface area contributed by atoms with Gasteiger partial charge < -0.3 is 25.8 Å². The molecular formula is C36H39F5N6O4. The number of nitrogens with one attached hydrogen (secondary N) is 3. The predicted molar refractivity (Wildman–Crippen MR) is 178 cm³/mol. The first kappa shape index (κ1) is 38.7. The number of likely N-dealkylation sites (N-methyl/N-ethyl adjacent to an activating group) is 1. The van der Waals surface area contributed by atoms with Gasteiger partial charge in [0.25, 0.3) is 12.0 Å². The van der Waals surface area contributed by atoms with Crippen LogP contribution in [0.15, 0.2) is 66.8 Å². The lowest BCUT2D eigenvalue weighted by molar-refractivity contribution is -0.149. The maximum Gasteiger partial charge on any atom is 0.349 e. The smallest absolute Gasteiger partial charge is 0.340 e. The molecule has 51 heavy (non-hydrogen) atoms. The molecule has 2 fully saturated rings. The standard InChI is InChI=1S/C36H39F5N6O4/c1-4-29(48)44-30(34(50)47-16-14-46(3)15-17-47)21(2)25-12-13-28(27(37)19-25)43-33(49)31(23-8-10-24(11-9-23)32(38)39)45-35(51)36(40,41)26-7-5-6-22(18-26)20-42/h4-7,12-13,18-19,21,23,30-31H,1,8-11,14-17H2,2-3H3,(H,43,49)(H,44,48)(H,45,51)/t21-,30+,31-/m0/s1. The molecule has 4 amide bonds. The summed E-state index contributed by atoms with van der Waals surface area (Å²) in [4.78, 5) is 56.0. The summed E-state index contributed by atoms with van der Waals surface area (Å²) in [6, 6.07) is 6.89. The zero-order valence-corrected chi connectivity index (χ0v) is 28.2. The fourth-order valence-corrected chi connectivity index (χ4v) is 6.21. The molecular weight excluding hydrogens is 675 g/mol. The third kappa shape index (κ3) is 9.37. The molecule has 272 valence electrons. The molecule has 1 aliphatic carbocycles. The van der Waals surface area contributed by atoms with Crippen molar-refractivity contribution in [3.05, 3.63) is 89.3 Å². The van der Waals surface area contributed by atoms with Crippen molar-refractivity contribution in [3.63, 3.8) is 0 Å². The number of nitrogens with zero attached hydrogens (tertiary/aromatic N) is 3. The van der Waals surface area contributed by atoms with E-state index in [4.69, 9.17) is 5.26 Å². The van der Waals surface area contributed by atoms with E-state index in [1.54, 1.807) is 17.9 Å². The van der Waals surface area contributed by atoms with Crippen LogP contribution in [0, 0.1) is 23.1 Å². The van der Waals surface area contributed by atoms with Crippen LogP contribution in [0.2, 0.25) is 0 Å². The Balaban J connectivity index is 1.57. The molecule has 2 aliphatic rings. The van der Waals surface area contributed by atoms with Crippen LogP contribution in [0.5, 0.6) is 0 Å². The molecule has 3 atom stereocenters. The van der Waals surface area contributed by atoms with Crippen molar-refractivity contribution in [2.45, 2.75) is 56.5 Å². The van der Waals surface area contributed by atoms with Crippen LogP contribution in [0.3, 0.4) is 0 Å². The number of amides is 4. The lowest BCUT2D eigenvalue weighted by Crippen LogP contribution is -2.55. The fraction of sp³-hybridized carbons (Fsp3) is 0.417. The van der Waals surface area contributed by atoms with E-state index in [1.165, 1.54) is 24.3 Å². The highest BCUT2D eigenvalue weighted by atomic mass is 19.3. The summed E-state index contributed by atoms with van der Waals surface area (Å²) in [7, 11) is 1.92. The molecule has 0 bridgehead atoms. The summed E-state index contributed by atoms with van der Waals surface area (Å²) < 4.78 is 72.7. The van der Waals surface area contributed by atoms with Gasteiger partial charge in [0.2, 0.25) is 17.7 Å². The zero-order valence-electron chi connectivity index (χ0n) is 28.2. The van der Waals surface area contributed by atoms with Crippen molar-refractivity contribution in [3.8, 4) is 6.07 Å². The van der Waals surface area contributed by atoms with Crippen molar-refractivity contribution in [1.82, 2.24) is 20.4 Å². The number of rotatable bonds is 11. The topological polar surface area (TPSA) is 135 Å². The molecule has 1 saturated heterocycles. The van der Waals surface area contributed by atoms with Gasteiger partial charge in [-0.05, 0) is 80.1 Å². The predicted octanol–water partition coefficient (Wildman–Crippen LogP) is 4.80. The Hall–Kier alpha value is -5.10. The zero-order chi connectivity index (χ0) is 37.5. The highest BCUT2D eigenvalue weighted by molar-refractivity contribution is 5.99. The van der Waals surface area contributed by atoms with E-state index in [1.807, 2.05) is 7.05 Å². The number of benzene rings is 2. The lowest BCUT2D eigenvalue weighted by Gasteiger charge is -2.36. The Morgan fingerprint density at radius 1 is 1.02 bits per heavy atom. The Kier molecular flexibility index (Phi) is 12.7. The van der Waals surface area contributed by atoms with Crippen molar-refractivity contribution >= 4 is 29.3 Å². The number of piperazine rings is 1. The maximum absolute atomic E-state index is 15.6. The molecule has 15 heteroatoms. The first-order valence-corrected chi connectivity index (χ1v) is 16.4. The van der Waals surface area contributed by atoms with Crippen LogP contribution in [0.25, 0.3) is 0 Å².